The minimum atomic E-state index is -3.70. The zero-order valence-corrected chi connectivity index (χ0v) is 15.6. The number of nitrogens with two attached hydrogens (primary N) is 1. The van der Waals surface area contributed by atoms with Crippen molar-refractivity contribution in [3.63, 3.8) is 0 Å². The lowest BCUT2D eigenvalue weighted by atomic mass is 10.3. The molecule has 148 valence electrons. The van der Waals surface area contributed by atoms with E-state index in [9.17, 15) is 23.3 Å². The van der Waals surface area contributed by atoms with Crippen LogP contribution in [0, 0.1) is 10.1 Å². The number of hydrogen-bond donors (Lipinski definition) is 2. The van der Waals surface area contributed by atoms with Crippen molar-refractivity contribution in [2.45, 2.75) is 9.79 Å². The second-order valence-corrected chi connectivity index (χ2v) is 7.80. The van der Waals surface area contributed by atoms with Crippen molar-refractivity contribution in [3.8, 4) is 0 Å². The predicted octanol–water partition coefficient (Wildman–Crippen LogP) is 3.25. The van der Waals surface area contributed by atoms with Gasteiger partial charge in [0.2, 0.25) is 15.7 Å². The summed E-state index contributed by atoms with van der Waals surface area (Å²) in [6.45, 7) is 0. The molecule has 9 nitrogen and oxygen atoms in total. The molecule has 3 aromatic rings. The van der Waals surface area contributed by atoms with Crippen molar-refractivity contribution >= 4 is 39.1 Å². The van der Waals surface area contributed by atoms with Gasteiger partial charge in [-0.25, -0.2) is 8.42 Å². The molecule has 29 heavy (non-hydrogen) atoms. The summed E-state index contributed by atoms with van der Waals surface area (Å²) >= 11 is 0. The highest BCUT2D eigenvalue weighted by atomic mass is 32.2. The molecule has 3 N–H and O–H groups in total. The number of amides is 1. The maximum Gasteiger partial charge on any atom is 0.433 e. The summed E-state index contributed by atoms with van der Waals surface area (Å²) in [6.07, 6.45) is 2.42. The summed E-state index contributed by atoms with van der Waals surface area (Å²) in [6, 6.07) is 14.0. The molecule has 0 saturated carbocycles. The van der Waals surface area contributed by atoms with Gasteiger partial charge in [0, 0.05) is 17.5 Å². The predicted molar refractivity (Wildman–Crippen MR) is 106 cm³/mol. The summed E-state index contributed by atoms with van der Waals surface area (Å²) in [5.41, 5.74) is 6.41. The van der Waals surface area contributed by atoms with Gasteiger partial charge in [-0.05, 0) is 60.7 Å². The molecule has 0 aliphatic rings. The summed E-state index contributed by atoms with van der Waals surface area (Å²) < 4.78 is 30.1. The highest BCUT2D eigenvalue weighted by molar-refractivity contribution is 7.91. The third-order valence-electron chi connectivity index (χ3n) is 3.81. The molecule has 10 heteroatoms. The van der Waals surface area contributed by atoms with Crippen LogP contribution in [0.25, 0.3) is 6.08 Å². The maximum absolute atomic E-state index is 12.6. The van der Waals surface area contributed by atoms with Gasteiger partial charge in [-0.3, -0.25) is 14.9 Å². The van der Waals surface area contributed by atoms with E-state index in [4.69, 9.17) is 10.2 Å². The quantitative estimate of drug-likeness (QED) is 0.273. The first-order valence-corrected chi connectivity index (χ1v) is 9.68. The molecule has 0 saturated heterocycles. The zero-order valence-electron chi connectivity index (χ0n) is 14.8. The molecule has 3 rings (SSSR count). The Morgan fingerprint density at radius 3 is 2.14 bits per heavy atom. The van der Waals surface area contributed by atoms with E-state index in [1.54, 1.807) is 0 Å². The Morgan fingerprint density at radius 1 is 1.00 bits per heavy atom. The van der Waals surface area contributed by atoms with Gasteiger partial charge in [0.25, 0.3) is 0 Å². The van der Waals surface area contributed by atoms with Crippen molar-refractivity contribution in [1.29, 1.82) is 0 Å². The van der Waals surface area contributed by atoms with Crippen molar-refractivity contribution < 1.29 is 22.6 Å². The summed E-state index contributed by atoms with van der Waals surface area (Å²) in [7, 11) is -3.70. The number of nitrogen functional groups attached to an aromatic ring is 1. The number of anilines is 2. The lowest BCUT2D eigenvalue weighted by Gasteiger charge is -2.07. The van der Waals surface area contributed by atoms with Gasteiger partial charge in [-0.1, -0.05) is 0 Å². The van der Waals surface area contributed by atoms with E-state index in [1.165, 1.54) is 66.7 Å². The Hall–Kier alpha value is -3.92. The molecular formula is C19H15N3O6S. The number of nitro groups is 1. The molecule has 0 spiro atoms. The van der Waals surface area contributed by atoms with Crippen molar-refractivity contribution in [2.24, 2.45) is 0 Å². The van der Waals surface area contributed by atoms with Crippen LogP contribution in [0.2, 0.25) is 0 Å². The van der Waals surface area contributed by atoms with Gasteiger partial charge in [-0.15, -0.1) is 0 Å². The van der Waals surface area contributed by atoms with Gasteiger partial charge in [0.1, 0.15) is 10.7 Å². The van der Waals surface area contributed by atoms with E-state index in [0.717, 1.165) is 6.08 Å². The highest BCUT2D eigenvalue weighted by Gasteiger charge is 2.17. The van der Waals surface area contributed by atoms with Crippen LogP contribution in [0.1, 0.15) is 5.76 Å². The van der Waals surface area contributed by atoms with Crippen LogP contribution in [0.15, 0.2) is 80.9 Å². The number of sulfone groups is 1. The lowest BCUT2D eigenvalue weighted by molar-refractivity contribution is -0.402. The number of hydrogen-bond acceptors (Lipinski definition) is 7. The fourth-order valence-electron chi connectivity index (χ4n) is 2.37. The Balaban J connectivity index is 1.68. The molecule has 1 amide bonds. The number of nitrogens with zero attached hydrogens (tertiary/aromatic N) is 1. The first-order valence-electron chi connectivity index (χ1n) is 8.20. The average Bonchev–Trinajstić information content (AvgIpc) is 3.17. The van der Waals surface area contributed by atoms with Crippen LogP contribution in [0.3, 0.4) is 0 Å². The SMILES string of the molecule is Nc1ccc(S(=O)(=O)c2ccc(NC(=O)C=Cc3ccc([N+](=O)[O-])o3)cc2)cc1. The molecule has 0 unspecified atom stereocenters. The molecule has 1 aromatic heterocycles. The van der Waals surface area contributed by atoms with Gasteiger partial charge in [-0.2, -0.15) is 0 Å². The van der Waals surface area contributed by atoms with Crippen LogP contribution < -0.4 is 11.1 Å². The van der Waals surface area contributed by atoms with E-state index >= 15 is 0 Å². The second-order valence-electron chi connectivity index (χ2n) is 5.85. The Labute approximate surface area is 165 Å². The van der Waals surface area contributed by atoms with Crippen LogP contribution in [0.4, 0.5) is 17.3 Å². The monoisotopic (exact) mass is 413 g/mol. The molecule has 0 aliphatic heterocycles. The maximum atomic E-state index is 12.6. The van der Waals surface area contributed by atoms with Crippen LogP contribution in [-0.2, 0) is 14.6 Å². The van der Waals surface area contributed by atoms with Crippen molar-refractivity contribution in [3.05, 3.63) is 82.6 Å². The largest absolute Gasteiger partial charge is 0.433 e. The second kappa shape index (κ2) is 7.98. The molecule has 1 heterocycles. The average molecular weight is 413 g/mol. The lowest BCUT2D eigenvalue weighted by Crippen LogP contribution is -2.08. The van der Waals surface area contributed by atoms with Gasteiger partial charge >= 0.3 is 5.88 Å². The molecule has 0 fully saturated rings. The number of carbonyl (C=O) groups is 1. The Morgan fingerprint density at radius 2 is 1.59 bits per heavy atom. The van der Waals surface area contributed by atoms with E-state index in [-0.39, 0.29) is 15.6 Å². The Kier molecular flexibility index (Phi) is 5.46. The van der Waals surface area contributed by atoms with Gasteiger partial charge < -0.3 is 15.5 Å². The van der Waals surface area contributed by atoms with Crippen LogP contribution >= 0.6 is 0 Å². The molecular weight excluding hydrogens is 398 g/mol. The van der Waals surface area contributed by atoms with Crippen LogP contribution in [0.5, 0.6) is 0 Å². The number of rotatable bonds is 6. The van der Waals surface area contributed by atoms with Gasteiger partial charge in [0.05, 0.1) is 15.9 Å². The van der Waals surface area contributed by atoms with Gasteiger partial charge in [0.15, 0.2) is 0 Å². The molecule has 2 aromatic carbocycles. The third-order valence-corrected chi connectivity index (χ3v) is 5.60. The fourth-order valence-corrected chi connectivity index (χ4v) is 3.63. The van der Waals surface area contributed by atoms with E-state index in [0.29, 0.717) is 11.4 Å². The number of furan rings is 1. The highest BCUT2D eigenvalue weighted by Crippen LogP contribution is 2.23. The van der Waals surface area contributed by atoms with E-state index < -0.39 is 26.6 Å². The standard InChI is InChI=1S/C19H15N3O6S/c20-13-1-7-16(8-2-13)29(26,27)17-9-3-14(4-10-17)21-18(23)11-5-15-6-12-19(28-15)22(24)25/h1-12H,20H2,(H,21,23). The third kappa shape index (κ3) is 4.68. The zero-order chi connectivity index (χ0) is 21.0. The normalized spacial score (nSPS) is 11.4. The molecule has 0 aliphatic carbocycles. The van der Waals surface area contributed by atoms with Crippen LogP contribution in [-0.4, -0.2) is 19.2 Å². The number of carbonyl (C=O) groups excluding carboxylic acids is 1. The smallest absolute Gasteiger partial charge is 0.401 e. The summed E-state index contributed by atoms with van der Waals surface area (Å²) in [4.78, 5) is 22.0. The first-order chi connectivity index (χ1) is 13.8. The fraction of sp³-hybridized carbons (Fsp3) is 0. The summed E-state index contributed by atoms with van der Waals surface area (Å²) in [5, 5.41) is 13.1. The number of benzene rings is 2. The minimum absolute atomic E-state index is 0.0682. The molecule has 0 radical (unpaired) electrons. The topological polar surface area (TPSA) is 146 Å². The minimum Gasteiger partial charge on any atom is -0.401 e. The number of nitrogens with one attached hydrogen (secondary N) is 1. The summed E-state index contributed by atoms with van der Waals surface area (Å²) in [5.74, 6) is -0.794. The Bertz CT molecular complexity index is 1180. The van der Waals surface area contributed by atoms with E-state index in [1.807, 2.05) is 0 Å². The molecule has 0 atom stereocenters. The van der Waals surface area contributed by atoms with Crippen molar-refractivity contribution in [2.75, 3.05) is 11.1 Å². The molecule has 0 bridgehead atoms. The van der Waals surface area contributed by atoms with Crippen molar-refractivity contribution in [1.82, 2.24) is 0 Å². The first kappa shape index (κ1) is 19.8. The van der Waals surface area contributed by atoms with E-state index in [2.05, 4.69) is 5.32 Å².